The maximum atomic E-state index is 12.3. The molecule has 6 heteroatoms. The van der Waals surface area contributed by atoms with Crippen LogP contribution in [0.1, 0.15) is 29.6 Å². The van der Waals surface area contributed by atoms with Crippen molar-refractivity contribution in [2.24, 2.45) is 0 Å². The Hall–Kier alpha value is -1.92. The Kier molecular flexibility index (Phi) is 6.04. The minimum absolute atomic E-state index is 0.000999. The maximum absolute atomic E-state index is 12.3. The number of amides is 2. The number of benzene rings is 1. The molecule has 0 spiro atoms. The summed E-state index contributed by atoms with van der Waals surface area (Å²) in [7, 11) is 1.78. The lowest BCUT2D eigenvalue weighted by atomic mass is 10.0. The minimum Gasteiger partial charge on any atom is -0.380 e. The van der Waals surface area contributed by atoms with Gasteiger partial charge in [-0.3, -0.25) is 14.5 Å². The van der Waals surface area contributed by atoms with Gasteiger partial charge in [0.15, 0.2) is 0 Å². The molecule has 0 aliphatic carbocycles. The summed E-state index contributed by atoms with van der Waals surface area (Å²) in [6, 6.07) is 9.52. The van der Waals surface area contributed by atoms with Crippen LogP contribution in [-0.2, 0) is 9.53 Å². The smallest absolute Gasteiger partial charge is 0.251 e. The number of hydrogen-bond acceptors (Lipinski definition) is 4. The van der Waals surface area contributed by atoms with Crippen LogP contribution in [-0.4, -0.2) is 73.6 Å². The first-order valence-corrected chi connectivity index (χ1v) is 9.05. The average Bonchev–Trinajstić information content (AvgIpc) is 3.16. The Bertz CT molecular complexity index is 585. The molecule has 1 N–H and O–H groups in total. The quantitative estimate of drug-likeness (QED) is 0.869. The van der Waals surface area contributed by atoms with Crippen molar-refractivity contribution in [3.63, 3.8) is 0 Å². The summed E-state index contributed by atoms with van der Waals surface area (Å²) in [6.07, 6.45) is 3.44. The van der Waals surface area contributed by atoms with E-state index in [1.807, 2.05) is 23.1 Å². The van der Waals surface area contributed by atoms with E-state index < -0.39 is 0 Å². The second kappa shape index (κ2) is 8.45. The Morgan fingerprint density at radius 3 is 2.48 bits per heavy atom. The van der Waals surface area contributed by atoms with Crippen LogP contribution in [0.4, 0.5) is 0 Å². The molecule has 2 saturated heterocycles. The standard InChI is InChI=1S/C19H27N3O3/c1-25-17-9-12-22(14-17)16-7-10-21(11-8-16)18(23)13-20-19(24)15-5-3-2-4-6-15/h2-6,16-17H,7-14H2,1H3,(H,20,24). The molecule has 2 heterocycles. The molecular formula is C19H27N3O3. The molecule has 2 aliphatic heterocycles. The zero-order chi connectivity index (χ0) is 17.6. The number of carbonyl (C=O) groups excluding carboxylic acids is 2. The number of rotatable bonds is 5. The number of carbonyl (C=O) groups is 2. The van der Waals surface area contributed by atoms with Crippen LogP contribution in [0.2, 0.25) is 0 Å². The van der Waals surface area contributed by atoms with Crippen molar-refractivity contribution in [1.82, 2.24) is 15.1 Å². The van der Waals surface area contributed by atoms with Gasteiger partial charge in [0.05, 0.1) is 12.6 Å². The van der Waals surface area contributed by atoms with Gasteiger partial charge in [0, 0.05) is 44.9 Å². The third-order valence-electron chi connectivity index (χ3n) is 5.28. The Balaban J connectivity index is 1.40. The second-order valence-corrected chi connectivity index (χ2v) is 6.80. The molecule has 136 valence electrons. The summed E-state index contributed by atoms with van der Waals surface area (Å²) in [5.74, 6) is -0.203. The van der Waals surface area contributed by atoms with Crippen molar-refractivity contribution < 1.29 is 14.3 Å². The van der Waals surface area contributed by atoms with Gasteiger partial charge in [0.2, 0.25) is 5.91 Å². The van der Waals surface area contributed by atoms with Gasteiger partial charge in [-0.15, -0.1) is 0 Å². The number of nitrogens with one attached hydrogen (secondary N) is 1. The highest BCUT2D eigenvalue weighted by atomic mass is 16.5. The lowest BCUT2D eigenvalue weighted by molar-refractivity contribution is -0.131. The molecule has 2 amide bonds. The van der Waals surface area contributed by atoms with Crippen LogP contribution >= 0.6 is 0 Å². The van der Waals surface area contributed by atoms with Crippen molar-refractivity contribution in [2.45, 2.75) is 31.4 Å². The molecule has 6 nitrogen and oxygen atoms in total. The first kappa shape index (κ1) is 17.9. The van der Waals surface area contributed by atoms with Gasteiger partial charge >= 0.3 is 0 Å². The number of piperidine rings is 1. The molecule has 1 aromatic carbocycles. The molecule has 25 heavy (non-hydrogen) atoms. The van der Waals surface area contributed by atoms with Gasteiger partial charge in [0.25, 0.3) is 5.91 Å². The highest BCUT2D eigenvalue weighted by molar-refractivity contribution is 5.96. The monoisotopic (exact) mass is 345 g/mol. The summed E-state index contributed by atoms with van der Waals surface area (Å²) in [4.78, 5) is 28.7. The van der Waals surface area contributed by atoms with Gasteiger partial charge < -0.3 is 15.0 Å². The van der Waals surface area contributed by atoms with Gasteiger partial charge in [0.1, 0.15) is 0 Å². The Morgan fingerprint density at radius 2 is 1.84 bits per heavy atom. The predicted octanol–water partition coefficient (Wildman–Crippen LogP) is 1.13. The number of methoxy groups -OCH3 is 1. The van der Waals surface area contributed by atoms with Gasteiger partial charge in [-0.1, -0.05) is 18.2 Å². The van der Waals surface area contributed by atoms with Crippen LogP contribution < -0.4 is 5.32 Å². The molecule has 0 bridgehead atoms. The third kappa shape index (κ3) is 4.58. The van der Waals surface area contributed by atoms with E-state index in [9.17, 15) is 9.59 Å². The van der Waals surface area contributed by atoms with E-state index in [0.29, 0.717) is 17.7 Å². The van der Waals surface area contributed by atoms with Gasteiger partial charge in [-0.25, -0.2) is 0 Å². The lowest BCUT2D eigenvalue weighted by Gasteiger charge is -2.36. The highest BCUT2D eigenvalue weighted by Crippen LogP contribution is 2.22. The highest BCUT2D eigenvalue weighted by Gasteiger charge is 2.31. The molecule has 0 aromatic heterocycles. The fourth-order valence-electron chi connectivity index (χ4n) is 3.72. The topological polar surface area (TPSA) is 61.9 Å². The second-order valence-electron chi connectivity index (χ2n) is 6.80. The summed E-state index contributed by atoms with van der Waals surface area (Å²) < 4.78 is 5.44. The van der Waals surface area contributed by atoms with Crippen molar-refractivity contribution in [1.29, 1.82) is 0 Å². The fourth-order valence-corrected chi connectivity index (χ4v) is 3.72. The third-order valence-corrected chi connectivity index (χ3v) is 5.28. The summed E-state index contributed by atoms with van der Waals surface area (Å²) in [5.41, 5.74) is 0.579. The molecule has 1 aromatic rings. The Morgan fingerprint density at radius 1 is 1.12 bits per heavy atom. The number of ether oxygens (including phenoxy) is 1. The summed E-state index contributed by atoms with van der Waals surface area (Å²) in [5, 5.41) is 2.72. The van der Waals surface area contributed by atoms with Crippen molar-refractivity contribution >= 4 is 11.8 Å². The molecule has 2 aliphatic rings. The van der Waals surface area contributed by atoms with Crippen LogP contribution in [0.15, 0.2) is 30.3 Å². The molecule has 0 radical (unpaired) electrons. The summed E-state index contributed by atoms with van der Waals surface area (Å²) >= 11 is 0. The van der Waals surface area contributed by atoms with Crippen LogP contribution in [0.3, 0.4) is 0 Å². The van der Waals surface area contributed by atoms with E-state index in [0.717, 1.165) is 45.4 Å². The SMILES string of the molecule is COC1CCN(C2CCN(C(=O)CNC(=O)c3ccccc3)CC2)C1. The lowest BCUT2D eigenvalue weighted by Crippen LogP contribution is -2.48. The van der Waals surface area contributed by atoms with E-state index in [1.165, 1.54) is 0 Å². The van der Waals surface area contributed by atoms with E-state index in [2.05, 4.69) is 10.2 Å². The summed E-state index contributed by atoms with van der Waals surface area (Å²) in [6.45, 7) is 3.68. The normalized spacial score (nSPS) is 22.1. The zero-order valence-corrected chi connectivity index (χ0v) is 14.8. The number of nitrogens with zero attached hydrogens (tertiary/aromatic N) is 2. The molecule has 1 unspecified atom stereocenters. The first-order valence-electron chi connectivity index (χ1n) is 9.05. The Labute approximate surface area is 149 Å². The zero-order valence-electron chi connectivity index (χ0n) is 14.8. The number of hydrogen-bond donors (Lipinski definition) is 1. The van der Waals surface area contributed by atoms with Crippen LogP contribution in [0.5, 0.6) is 0 Å². The van der Waals surface area contributed by atoms with Crippen molar-refractivity contribution in [3.05, 3.63) is 35.9 Å². The molecule has 1 atom stereocenters. The van der Waals surface area contributed by atoms with Crippen molar-refractivity contribution in [2.75, 3.05) is 39.8 Å². The van der Waals surface area contributed by atoms with E-state index in [1.54, 1.807) is 19.2 Å². The first-order chi connectivity index (χ1) is 12.2. The largest absolute Gasteiger partial charge is 0.380 e. The minimum atomic E-state index is -0.202. The molecule has 2 fully saturated rings. The van der Waals surface area contributed by atoms with Crippen molar-refractivity contribution in [3.8, 4) is 0 Å². The molecule has 0 saturated carbocycles. The van der Waals surface area contributed by atoms with E-state index in [4.69, 9.17) is 4.74 Å². The predicted molar refractivity (Wildman–Crippen MR) is 95.4 cm³/mol. The number of likely N-dealkylation sites (tertiary alicyclic amines) is 2. The van der Waals surface area contributed by atoms with Crippen LogP contribution in [0, 0.1) is 0 Å². The van der Waals surface area contributed by atoms with Gasteiger partial charge in [-0.05, 0) is 31.4 Å². The van der Waals surface area contributed by atoms with E-state index >= 15 is 0 Å². The molecular weight excluding hydrogens is 318 g/mol. The van der Waals surface area contributed by atoms with Gasteiger partial charge in [-0.2, -0.15) is 0 Å². The van der Waals surface area contributed by atoms with Crippen LogP contribution in [0.25, 0.3) is 0 Å². The fraction of sp³-hybridized carbons (Fsp3) is 0.579. The average molecular weight is 345 g/mol. The van der Waals surface area contributed by atoms with E-state index in [-0.39, 0.29) is 18.4 Å². The maximum Gasteiger partial charge on any atom is 0.251 e. The molecule has 3 rings (SSSR count).